The molecule has 4 rings (SSSR count). The Morgan fingerprint density at radius 3 is 2.95 bits per heavy atom. The van der Waals surface area contributed by atoms with Crippen LogP contribution in [-0.4, -0.2) is 35.1 Å². The number of aromatic nitrogens is 1. The summed E-state index contributed by atoms with van der Waals surface area (Å²) in [4.78, 5) is 9.00. The van der Waals surface area contributed by atoms with Crippen LogP contribution >= 0.6 is 11.3 Å². The Kier molecular flexibility index (Phi) is 3.57. The highest BCUT2D eigenvalue weighted by atomic mass is 32.1. The molecule has 1 aliphatic heterocycles. The second-order valence-electron chi connectivity index (χ2n) is 6.82. The highest BCUT2D eigenvalue weighted by molar-refractivity contribution is 7.09. The molecule has 3 nitrogen and oxygen atoms in total. The van der Waals surface area contributed by atoms with E-state index in [1.807, 2.05) is 11.3 Å². The van der Waals surface area contributed by atoms with Crippen molar-refractivity contribution in [2.24, 2.45) is 0 Å². The van der Waals surface area contributed by atoms with Crippen molar-refractivity contribution < 1.29 is 0 Å². The molecule has 20 heavy (non-hydrogen) atoms. The predicted molar refractivity (Wildman–Crippen MR) is 83.2 cm³/mol. The smallest absolute Gasteiger partial charge is 0.0798 e. The lowest BCUT2D eigenvalue weighted by Gasteiger charge is -2.50. The monoisotopic (exact) mass is 291 g/mol. The average molecular weight is 291 g/mol. The Balaban J connectivity index is 1.54. The molecular weight excluding hydrogens is 266 g/mol. The van der Waals surface area contributed by atoms with Gasteiger partial charge in [-0.15, -0.1) is 11.3 Å². The number of thiazole rings is 1. The molecule has 0 unspecified atom stereocenters. The number of nitrogens with zero attached hydrogens (tertiary/aromatic N) is 2. The Bertz CT molecular complexity index is 452. The van der Waals surface area contributed by atoms with Crippen LogP contribution in [0.15, 0.2) is 5.51 Å². The lowest BCUT2D eigenvalue weighted by molar-refractivity contribution is 0.0214. The van der Waals surface area contributed by atoms with Crippen LogP contribution in [0, 0.1) is 0 Å². The van der Waals surface area contributed by atoms with Gasteiger partial charge < -0.3 is 5.32 Å². The quantitative estimate of drug-likeness (QED) is 0.927. The lowest BCUT2D eigenvalue weighted by Crippen LogP contribution is -2.61. The van der Waals surface area contributed by atoms with E-state index in [0.717, 1.165) is 19.0 Å². The van der Waals surface area contributed by atoms with Gasteiger partial charge in [0, 0.05) is 42.5 Å². The maximum atomic E-state index is 4.65. The van der Waals surface area contributed by atoms with E-state index in [1.54, 1.807) is 4.88 Å². The van der Waals surface area contributed by atoms with Gasteiger partial charge in [-0.2, -0.15) is 0 Å². The normalized spacial score (nSPS) is 27.0. The molecule has 2 heterocycles. The minimum absolute atomic E-state index is 0.446. The maximum absolute atomic E-state index is 4.65. The number of piperazine rings is 1. The van der Waals surface area contributed by atoms with Gasteiger partial charge in [0.1, 0.15) is 0 Å². The zero-order valence-corrected chi connectivity index (χ0v) is 13.1. The van der Waals surface area contributed by atoms with Gasteiger partial charge in [-0.25, -0.2) is 4.98 Å². The van der Waals surface area contributed by atoms with Crippen molar-refractivity contribution in [2.75, 3.05) is 19.6 Å². The highest BCUT2D eigenvalue weighted by Gasteiger charge is 2.40. The first kappa shape index (κ1) is 13.2. The number of hydrogen-bond acceptors (Lipinski definition) is 4. The van der Waals surface area contributed by atoms with Crippen molar-refractivity contribution in [1.29, 1.82) is 0 Å². The Labute approximate surface area is 125 Å². The molecular formula is C16H25N3S. The van der Waals surface area contributed by atoms with Crippen molar-refractivity contribution >= 4 is 11.3 Å². The van der Waals surface area contributed by atoms with Gasteiger partial charge in [-0.3, -0.25) is 4.90 Å². The van der Waals surface area contributed by atoms with Crippen LogP contribution in [0.2, 0.25) is 0 Å². The first-order chi connectivity index (χ1) is 9.87. The van der Waals surface area contributed by atoms with E-state index < -0.39 is 0 Å². The Morgan fingerprint density at radius 2 is 2.15 bits per heavy atom. The van der Waals surface area contributed by atoms with Gasteiger partial charge >= 0.3 is 0 Å². The molecule has 0 bridgehead atoms. The van der Waals surface area contributed by atoms with Crippen molar-refractivity contribution in [1.82, 2.24) is 15.2 Å². The second kappa shape index (κ2) is 5.39. The van der Waals surface area contributed by atoms with E-state index in [2.05, 4.69) is 20.7 Å². The minimum Gasteiger partial charge on any atom is -0.314 e. The molecule has 1 saturated heterocycles. The van der Waals surface area contributed by atoms with Crippen molar-refractivity contribution in [3.8, 4) is 0 Å². The van der Waals surface area contributed by atoms with Crippen LogP contribution < -0.4 is 5.32 Å². The van der Waals surface area contributed by atoms with E-state index in [4.69, 9.17) is 0 Å². The zero-order valence-electron chi connectivity index (χ0n) is 12.2. The molecule has 1 aromatic heterocycles. The third-order valence-corrected chi connectivity index (χ3v) is 6.27. The standard InChI is InChI=1S/C16H25N3S/c1-2-6-16(7-3-1)11-17-8-9-19(16)10-14-15(13-4-5-13)18-12-20-14/h12-13,17H,1-11H2. The molecule has 4 heteroatoms. The van der Waals surface area contributed by atoms with Gasteiger partial charge in [0.05, 0.1) is 11.2 Å². The summed E-state index contributed by atoms with van der Waals surface area (Å²) in [5, 5.41) is 3.65. The molecule has 3 aliphatic rings. The summed E-state index contributed by atoms with van der Waals surface area (Å²) in [7, 11) is 0. The van der Waals surface area contributed by atoms with E-state index in [-0.39, 0.29) is 0 Å². The van der Waals surface area contributed by atoms with Crippen LogP contribution in [-0.2, 0) is 6.54 Å². The summed E-state index contributed by atoms with van der Waals surface area (Å²) < 4.78 is 0. The van der Waals surface area contributed by atoms with Crippen molar-refractivity contribution in [3.63, 3.8) is 0 Å². The summed E-state index contributed by atoms with van der Waals surface area (Å²) in [6.45, 7) is 4.71. The van der Waals surface area contributed by atoms with E-state index >= 15 is 0 Å². The van der Waals surface area contributed by atoms with Crippen LogP contribution in [0.3, 0.4) is 0 Å². The molecule has 1 spiro atoms. The fraction of sp³-hybridized carbons (Fsp3) is 0.812. The fourth-order valence-electron chi connectivity index (χ4n) is 4.09. The third kappa shape index (κ3) is 2.42. The molecule has 3 fully saturated rings. The van der Waals surface area contributed by atoms with Gasteiger partial charge in [0.25, 0.3) is 0 Å². The molecule has 110 valence electrons. The molecule has 0 radical (unpaired) electrons. The van der Waals surface area contributed by atoms with E-state index in [1.165, 1.54) is 63.7 Å². The molecule has 0 amide bonds. The molecule has 2 aliphatic carbocycles. The van der Waals surface area contributed by atoms with Crippen LogP contribution in [0.5, 0.6) is 0 Å². The largest absolute Gasteiger partial charge is 0.314 e. The SMILES string of the molecule is c1nc(C2CC2)c(CN2CCNCC23CCCCC3)s1. The Morgan fingerprint density at radius 1 is 1.30 bits per heavy atom. The number of hydrogen-bond donors (Lipinski definition) is 1. The lowest BCUT2D eigenvalue weighted by atomic mass is 9.79. The van der Waals surface area contributed by atoms with Crippen molar-refractivity contribution in [2.45, 2.75) is 62.9 Å². The fourth-order valence-corrected chi connectivity index (χ4v) is 4.96. The van der Waals surface area contributed by atoms with Crippen LogP contribution in [0.4, 0.5) is 0 Å². The van der Waals surface area contributed by atoms with Gasteiger partial charge in [-0.05, 0) is 25.7 Å². The summed E-state index contributed by atoms with van der Waals surface area (Å²) >= 11 is 1.89. The summed E-state index contributed by atoms with van der Waals surface area (Å²) in [6.07, 6.45) is 9.76. The zero-order chi connectivity index (χ0) is 13.4. The van der Waals surface area contributed by atoms with Gasteiger partial charge in [0.2, 0.25) is 0 Å². The summed E-state index contributed by atoms with van der Waals surface area (Å²) in [6, 6.07) is 0. The molecule has 1 N–H and O–H groups in total. The van der Waals surface area contributed by atoms with E-state index in [0.29, 0.717) is 5.54 Å². The van der Waals surface area contributed by atoms with Gasteiger partial charge in [0.15, 0.2) is 0 Å². The molecule has 2 saturated carbocycles. The van der Waals surface area contributed by atoms with Crippen LogP contribution in [0.1, 0.15) is 61.4 Å². The second-order valence-corrected chi connectivity index (χ2v) is 7.76. The summed E-state index contributed by atoms with van der Waals surface area (Å²) in [5.74, 6) is 0.793. The average Bonchev–Trinajstić information content (AvgIpc) is 3.23. The molecule has 0 aromatic carbocycles. The number of rotatable bonds is 3. The molecule has 1 aromatic rings. The topological polar surface area (TPSA) is 28.2 Å². The first-order valence-corrected chi connectivity index (χ1v) is 9.13. The predicted octanol–water partition coefficient (Wildman–Crippen LogP) is 3.13. The first-order valence-electron chi connectivity index (χ1n) is 8.25. The Hall–Kier alpha value is -0.450. The van der Waals surface area contributed by atoms with Gasteiger partial charge in [-0.1, -0.05) is 19.3 Å². The maximum Gasteiger partial charge on any atom is 0.0798 e. The van der Waals surface area contributed by atoms with Crippen molar-refractivity contribution in [3.05, 3.63) is 16.1 Å². The highest BCUT2D eigenvalue weighted by Crippen LogP contribution is 2.43. The molecule has 0 atom stereocenters. The number of nitrogens with one attached hydrogen (secondary N) is 1. The third-order valence-electron chi connectivity index (χ3n) is 5.44. The van der Waals surface area contributed by atoms with E-state index in [9.17, 15) is 0 Å². The summed E-state index contributed by atoms with van der Waals surface area (Å²) in [5.41, 5.74) is 3.94. The minimum atomic E-state index is 0.446. The van der Waals surface area contributed by atoms with Crippen LogP contribution in [0.25, 0.3) is 0 Å².